The van der Waals surface area contributed by atoms with Gasteiger partial charge in [0.05, 0.1) is 12.2 Å². The lowest BCUT2D eigenvalue weighted by molar-refractivity contribution is -0.103. The molecular weight excluding hydrogens is 388 g/mol. The number of hydrogen-bond acceptors (Lipinski definition) is 6. The van der Waals surface area contributed by atoms with E-state index in [1.54, 1.807) is 24.5 Å². The minimum absolute atomic E-state index is 0.0569. The number of nitrogens with zero attached hydrogens (tertiary/aromatic N) is 5. The van der Waals surface area contributed by atoms with Gasteiger partial charge in [-0.2, -0.15) is 0 Å². The fourth-order valence-electron chi connectivity index (χ4n) is 3.46. The SMILES string of the molecule is C=CCn1c(=O)c2cnc(SC)nc2n1-c1ccc2c(n1)C(O)(C(F)F)CC2. The van der Waals surface area contributed by atoms with Crippen LogP contribution in [0, 0.1) is 0 Å². The monoisotopic (exact) mass is 405 g/mol. The highest BCUT2D eigenvalue weighted by molar-refractivity contribution is 7.98. The number of aryl methyl sites for hydroxylation is 1. The molecule has 10 heteroatoms. The van der Waals surface area contributed by atoms with E-state index in [9.17, 15) is 18.7 Å². The van der Waals surface area contributed by atoms with Crippen molar-refractivity contribution < 1.29 is 13.9 Å². The van der Waals surface area contributed by atoms with Gasteiger partial charge in [-0.05, 0) is 30.7 Å². The largest absolute Gasteiger partial charge is 0.378 e. The van der Waals surface area contributed by atoms with Crippen LogP contribution in [0.5, 0.6) is 0 Å². The van der Waals surface area contributed by atoms with Gasteiger partial charge in [0.15, 0.2) is 22.2 Å². The number of fused-ring (bicyclic) bond motifs is 2. The van der Waals surface area contributed by atoms with Crippen LogP contribution in [0.1, 0.15) is 17.7 Å². The van der Waals surface area contributed by atoms with Gasteiger partial charge in [0.1, 0.15) is 5.39 Å². The zero-order valence-corrected chi connectivity index (χ0v) is 15.8. The smallest absolute Gasteiger partial charge is 0.278 e. The Bertz CT molecular complexity index is 1140. The molecule has 146 valence electrons. The van der Waals surface area contributed by atoms with Gasteiger partial charge in [-0.25, -0.2) is 33.1 Å². The van der Waals surface area contributed by atoms with E-state index in [1.807, 2.05) is 0 Å². The molecule has 0 aromatic carbocycles. The summed E-state index contributed by atoms with van der Waals surface area (Å²) in [7, 11) is 0. The van der Waals surface area contributed by atoms with Crippen molar-refractivity contribution in [3.05, 3.63) is 52.6 Å². The van der Waals surface area contributed by atoms with Crippen LogP contribution >= 0.6 is 11.8 Å². The van der Waals surface area contributed by atoms with Crippen LogP contribution in [-0.2, 0) is 18.6 Å². The fraction of sp³-hybridized carbons (Fsp3) is 0.333. The molecule has 3 heterocycles. The van der Waals surface area contributed by atoms with Crippen LogP contribution < -0.4 is 5.56 Å². The van der Waals surface area contributed by atoms with Crippen molar-refractivity contribution in [2.45, 2.75) is 36.6 Å². The summed E-state index contributed by atoms with van der Waals surface area (Å²) in [5.74, 6) is 0.222. The maximum atomic E-state index is 13.5. The predicted molar refractivity (Wildman–Crippen MR) is 101 cm³/mol. The molecule has 0 fully saturated rings. The van der Waals surface area contributed by atoms with Gasteiger partial charge in [-0.1, -0.05) is 23.9 Å². The van der Waals surface area contributed by atoms with Crippen molar-refractivity contribution in [2.75, 3.05) is 6.26 Å². The lowest BCUT2D eigenvalue weighted by Gasteiger charge is -2.22. The third-order valence-electron chi connectivity index (χ3n) is 4.87. The van der Waals surface area contributed by atoms with Crippen LogP contribution in [0.25, 0.3) is 16.9 Å². The van der Waals surface area contributed by atoms with Gasteiger partial charge in [0.2, 0.25) is 0 Å². The zero-order valence-electron chi connectivity index (χ0n) is 15.0. The maximum Gasteiger partial charge on any atom is 0.278 e. The number of pyridine rings is 1. The molecule has 0 radical (unpaired) electrons. The van der Waals surface area contributed by atoms with Gasteiger partial charge in [0.25, 0.3) is 12.0 Å². The Morgan fingerprint density at radius 3 is 2.89 bits per heavy atom. The van der Waals surface area contributed by atoms with Crippen LogP contribution in [0.15, 0.2) is 40.9 Å². The summed E-state index contributed by atoms with van der Waals surface area (Å²) in [4.78, 5) is 25.7. The summed E-state index contributed by atoms with van der Waals surface area (Å²) in [6, 6.07) is 3.29. The molecule has 7 nitrogen and oxygen atoms in total. The topological polar surface area (TPSA) is 85.8 Å². The molecule has 1 aliphatic carbocycles. The van der Waals surface area contributed by atoms with Crippen LogP contribution in [-0.4, -0.2) is 42.1 Å². The molecule has 1 N–H and O–H groups in total. The minimum atomic E-state index is -2.96. The fourth-order valence-corrected chi connectivity index (χ4v) is 3.80. The second-order valence-electron chi connectivity index (χ2n) is 6.48. The number of alkyl halides is 2. The number of aliphatic hydroxyl groups is 1. The van der Waals surface area contributed by atoms with Crippen molar-refractivity contribution in [3.8, 4) is 5.82 Å². The molecule has 3 aromatic heterocycles. The van der Waals surface area contributed by atoms with Crippen LogP contribution in [0.4, 0.5) is 8.78 Å². The molecule has 1 unspecified atom stereocenters. The molecule has 3 aromatic rings. The number of allylic oxidation sites excluding steroid dienone is 1. The van der Waals surface area contributed by atoms with Gasteiger partial charge < -0.3 is 5.11 Å². The molecule has 0 saturated carbocycles. The molecule has 28 heavy (non-hydrogen) atoms. The van der Waals surface area contributed by atoms with E-state index in [0.717, 1.165) is 0 Å². The highest BCUT2D eigenvalue weighted by Crippen LogP contribution is 2.40. The number of rotatable bonds is 5. The first-order valence-electron chi connectivity index (χ1n) is 8.55. The third kappa shape index (κ3) is 2.67. The Hall–Kier alpha value is -2.59. The van der Waals surface area contributed by atoms with E-state index < -0.39 is 12.0 Å². The van der Waals surface area contributed by atoms with Gasteiger partial charge in [-0.3, -0.25) is 4.79 Å². The Morgan fingerprint density at radius 1 is 1.43 bits per heavy atom. The van der Waals surface area contributed by atoms with Crippen molar-refractivity contribution in [3.63, 3.8) is 0 Å². The Balaban J connectivity index is 2.01. The van der Waals surface area contributed by atoms with E-state index in [-0.39, 0.29) is 35.4 Å². The van der Waals surface area contributed by atoms with Gasteiger partial charge in [0, 0.05) is 6.20 Å². The average Bonchev–Trinajstić information content (AvgIpc) is 3.17. The summed E-state index contributed by atoms with van der Waals surface area (Å²) in [5.41, 5.74) is -1.80. The van der Waals surface area contributed by atoms with Crippen LogP contribution in [0.2, 0.25) is 0 Å². The lowest BCUT2D eigenvalue weighted by Crippen LogP contribution is -2.33. The normalized spacial score (nSPS) is 18.8. The first-order valence-corrected chi connectivity index (χ1v) is 9.78. The third-order valence-corrected chi connectivity index (χ3v) is 5.43. The molecule has 0 bridgehead atoms. The van der Waals surface area contributed by atoms with Crippen molar-refractivity contribution in [2.24, 2.45) is 0 Å². The molecule has 1 aliphatic rings. The average molecular weight is 405 g/mol. The van der Waals surface area contributed by atoms with Crippen molar-refractivity contribution in [1.82, 2.24) is 24.3 Å². The Morgan fingerprint density at radius 2 is 2.21 bits per heavy atom. The van der Waals surface area contributed by atoms with Gasteiger partial charge in [-0.15, -0.1) is 6.58 Å². The Labute approximate surface area is 162 Å². The maximum absolute atomic E-state index is 13.5. The number of thioether (sulfide) groups is 1. The highest BCUT2D eigenvalue weighted by atomic mass is 32.2. The van der Waals surface area contributed by atoms with E-state index in [4.69, 9.17) is 0 Å². The number of hydrogen-bond donors (Lipinski definition) is 1. The molecule has 4 rings (SSSR count). The molecule has 0 aliphatic heterocycles. The minimum Gasteiger partial charge on any atom is -0.378 e. The van der Waals surface area contributed by atoms with E-state index in [1.165, 1.54) is 27.3 Å². The quantitative estimate of drug-likeness (QED) is 0.398. The molecule has 0 saturated heterocycles. The Kier molecular flexibility index (Phi) is 4.54. The molecular formula is C18H17F2N5O2S. The number of aromatic nitrogens is 5. The second kappa shape index (κ2) is 6.78. The standard InChI is InChI=1S/C18H17F2N5O2S/c1-3-8-24-15(26)11-9-21-17(28-2)23-14(11)25(24)12-5-4-10-6-7-18(27,16(19)20)13(10)22-12/h3-5,9,16,27H,1,6-8H2,2H3. The first kappa shape index (κ1) is 18.8. The predicted octanol–water partition coefficient (Wildman–Crippen LogP) is 2.28. The summed E-state index contributed by atoms with van der Waals surface area (Å²) >= 11 is 1.31. The first-order chi connectivity index (χ1) is 13.4. The summed E-state index contributed by atoms with van der Waals surface area (Å²) < 4.78 is 29.8. The van der Waals surface area contributed by atoms with E-state index in [0.29, 0.717) is 22.8 Å². The second-order valence-corrected chi connectivity index (χ2v) is 7.26. The molecule has 0 amide bonds. The van der Waals surface area contributed by atoms with Crippen LogP contribution in [0.3, 0.4) is 0 Å². The molecule has 0 spiro atoms. The summed E-state index contributed by atoms with van der Waals surface area (Å²) in [6.07, 6.45) is 2.05. The lowest BCUT2D eigenvalue weighted by atomic mass is 10.0. The summed E-state index contributed by atoms with van der Waals surface area (Å²) in [5, 5.41) is 11.2. The van der Waals surface area contributed by atoms with Crippen molar-refractivity contribution in [1.29, 1.82) is 0 Å². The zero-order chi connectivity index (χ0) is 20.1. The van der Waals surface area contributed by atoms with E-state index >= 15 is 0 Å². The van der Waals surface area contributed by atoms with Gasteiger partial charge >= 0.3 is 0 Å². The summed E-state index contributed by atoms with van der Waals surface area (Å²) in [6.45, 7) is 3.84. The van der Waals surface area contributed by atoms with Crippen molar-refractivity contribution >= 4 is 22.8 Å². The number of halogens is 2. The molecule has 1 atom stereocenters. The highest BCUT2D eigenvalue weighted by Gasteiger charge is 2.46. The van der Waals surface area contributed by atoms with E-state index in [2.05, 4.69) is 21.5 Å².